The summed E-state index contributed by atoms with van der Waals surface area (Å²) in [6.07, 6.45) is 6.88. The molecule has 1 aliphatic heterocycles. The minimum atomic E-state index is -0.613. The molecule has 1 saturated heterocycles. The molecule has 7 heteroatoms. The van der Waals surface area contributed by atoms with Crippen LogP contribution in [0.15, 0.2) is 29.8 Å². The highest BCUT2D eigenvalue weighted by Gasteiger charge is 2.46. The first-order chi connectivity index (χ1) is 15.5. The van der Waals surface area contributed by atoms with E-state index in [-0.39, 0.29) is 25.0 Å². The highest BCUT2D eigenvalue weighted by atomic mass is 16.7. The zero-order chi connectivity index (χ0) is 22.2. The smallest absolute Gasteiger partial charge is 0.333 e. The number of amides is 2. The second-order valence-electron chi connectivity index (χ2n) is 9.64. The van der Waals surface area contributed by atoms with Crippen LogP contribution in [0.1, 0.15) is 63.4 Å². The first-order valence-corrected chi connectivity index (χ1v) is 11.7. The maximum Gasteiger partial charge on any atom is 0.333 e. The van der Waals surface area contributed by atoms with Gasteiger partial charge >= 0.3 is 5.97 Å². The Balaban J connectivity index is 1.26. The average Bonchev–Trinajstić information content (AvgIpc) is 3.06. The summed E-state index contributed by atoms with van der Waals surface area (Å²) in [7, 11) is 0. The third-order valence-electron chi connectivity index (χ3n) is 7.36. The number of phenolic OH excluding ortho intramolecular Hbond substituents is 1. The summed E-state index contributed by atoms with van der Waals surface area (Å²) in [5.41, 5.74) is 2.27. The lowest BCUT2D eigenvalue weighted by Gasteiger charge is -2.51. The molecule has 1 aromatic carbocycles. The van der Waals surface area contributed by atoms with Gasteiger partial charge in [-0.15, -0.1) is 5.06 Å². The van der Waals surface area contributed by atoms with E-state index < -0.39 is 17.8 Å². The van der Waals surface area contributed by atoms with E-state index >= 15 is 0 Å². The Bertz CT molecular complexity index is 921. The average molecular weight is 440 g/mol. The number of hydroxylamine groups is 2. The van der Waals surface area contributed by atoms with Crippen LogP contribution >= 0.6 is 0 Å². The number of phenols is 1. The summed E-state index contributed by atoms with van der Waals surface area (Å²) < 4.78 is 6.29. The molecule has 2 amide bonds. The van der Waals surface area contributed by atoms with E-state index in [1.807, 2.05) is 12.1 Å². The number of hydrogen-bond acceptors (Lipinski definition) is 6. The number of carbonyl (C=O) groups is 3. The van der Waals surface area contributed by atoms with Gasteiger partial charge in [-0.1, -0.05) is 12.1 Å². The Kier molecular flexibility index (Phi) is 5.66. The zero-order valence-corrected chi connectivity index (χ0v) is 18.1. The van der Waals surface area contributed by atoms with Gasteiger partial charge in [-0.2, -0.15) is 0 Å². The van der Waals surface area contributed by atoms with Crippen molar-refractivity contribution in [1.82, 2.24) is 5.06 Å². The van der Waals surface area contributed by atoms with Crippen LogP contribution in [0.4, 0.5) is 0 Å². The highest BCUT2D eigenvalue weighted by Crippen LogP contribution is 2.58. The molecule has 0 aromatic heterocycles. The first-order valence-electron chi connectivity index (χ1n) is 11.7. The van der Waals surface area contributed by atoms with Gasteiger partial charge in [0.05, 0.1) is 13.0 Å². The van der Waals surface area contributed by atoms with Gasteiger partial charge in [-0.05, 0) is 79.9 Å². The number of aromatic hydroxyl groups is 1. The predicted octanol–water partition coefficient (Wildman–Crippen LogP) is 3.96. The largest absolute Gasteiger partial charge is 0.508 e. The minimum absolute atomic E-state index is 0.0523. The molecule has 4 aliphatic carbocycles. The Labute approximate surface area is 187 Å². The molecular weight excluding hydrogens is 410 g/mol. The van der Waals surface area contributed by atoms with E-state index in [9.17, 15) is 19.5 Å². The van der Waals surface area contributed by atoms with Gasteiger partial charge in [-0.3, -0.25) is 9.59 Å². The second-order valence-corrected chi connectivity index (χ2v) is 9.64. The Morgan fingerprint density at radius 2 is 1.66 bits per heavy atom. The summed E-state index contributed by atoms with van der Waals surface area (Å²) in [5.74, 6) is 2.24. The van der Waals surface area contributed by atoms with Gasteiger partial charge in [-0.25, -0.2) is 4.79 Å². The van der Waals surface area contributed by atoms with E-state index in [1.165, 1.54) is 37.7 Å². The van der Waals surface area contributed by atoms with Crippen LogP contribution in [0, 0.1) is 23.7 Å². The lowest BCUT2D eigenvalue weighted by atomic mass is 9.54. The van der Waals surface area contributed by atoms with Crippen molar-refractivity contribution in [2.45, 2.75) is 57.8 Å². The fourth-order valence-electron chi connectivity index (χ4n) is 6.24. The summed E-state index contributed by atoms with van der Waals surface area (Å²) in [5, 5.41) is 10.6. The molecule has 5 aliphatic rings. The molecule has 1 N–H and O–H groups in total. The summed E-state index contributed by atoms with van der Waals surface area (Å²) in [6.45, 7) is 0.317. The topological polar surface area (TPSA) is 93.1 Å². The molecule has 0 atom stereocenters. The molecule has 4 bridgehead atoms. The molecule has 5 fully saturated rings. The van der Waals surface area contributed by atoms with Crippen molar-refractivity contribution in [3.05, 3.63) is 35.4 Å². The van der Waals surface area contributed by atoms with Gasteiger partial charge in [0, 0.05) is 18.4 Å². The van der Waals surface area contributed by atoms with Crippen molar-refractivity contribution in [2.24, 2.45) is 23.7 Å². The van der Waals surface area contributed by atoms with Crippen molar-refractivity contribution < 1.29 is 29.1 Å². The molecule has 6 rings (SSSR count). The SMILES string of the molecule is O=C(CCCOC(=C1C2CC3CC(C2)CC1C3)c1cccc(O)c1)ON1C(=O)CCC1=O. The van der Waals surface area contributed by atoms with E-state index in [0.717, 1.165) is 23.2 Å². The normalized spacial score (nSPS) is 28.4. The molecule has 1 aromatic rings. The van der Waals surface area contributed by atoms with Crippen molar-refractivity contribution in [2.75, 3.05) is 6.61 Å². The number of rotatable bonds is 7. The molecule has 32 heavy (non-hydrogen) atoms. The lowest BCUT2D eigenvalue weighted by Crippen LogP contribution is -2.41. The molecule has 0 unspecified atom stereocenters. The molecular formula is C25H29NO6. The van der Waals surface area contributed by atoms with E-state index in [0.29, 0.717) is 29.9 Å². The van der Waals surface area contributed by atoms with E-state index in [2.05, 4.69) is 0 Å². The predicted molar refractivity (Wildman–Crippen MR) is 114 cm³/mol. The molecule has 4 saturated carbocycles. The number of allylic oxidation sites excluding steroid dienone is 1. The Hall–Kier alpha value is -2.83. The fraction of sp³-hybridized carbons (Fsp3) is 0.560. The van der Waals surface area contributed by atoms with E-state index in [4.69, 9.17) is 9.57 Å². The van der Waals surface area contributed by atoms with Gasteiger partial charge in [0.1, 0.15) is 11.5 Å². The molecule has 170 valence electrons. The van der Waals surface area contributed by atoms with Crippen LogP contribution in [0.25, 0.3) is 5.76 Å². The standard InChI is InChI=1S/C25H29NO6/c27-20-4-1-3-17(14-20)25(24-18-10-15-9-16(12-18)13-19(24)11-15)31-8-2-5-23(30)32-26-21(28)6-7-22(26)29/h1,3-4,14-16,18-19,27H,2,5-13H2. The fourth-order valence-corrected chi connectivity index (χ4v) is 6.24. The molecule has 1 heterocycles. The number of hydrogen-bond donors (Lipinski definition) is 1. The minimum Gasteiger partial charge on any atom is -0.508 e. The van der Waals surface area contributed by atoms with Crippen LogP contribution in [-0.4, -0.2) is 34.6 Å². The van der Waals surface area contributed by atoms with Crippen molar-refractivity contribution in [3.63, 3.8) is 0 Å². The van der Waals surface area contributed by atoms with Crippen molar-refractivity contribution in [3.8, 4) is 5.75 Å². The molecule has 0 radical (unpaired) electrons. The second kappa shape index (κ2) is 8.60. The summed E-state index contributed by atoms with van der Waals surface area (Å²) in [6, 6.07) is 7.18. The third kappa shape index (κ3) is 4.12. The van der Waals surface area contributed by atoms with Gasteiger partial charge < -0.3 is 14.7 Å². The highest BCUT2D eigenvalue weighted by molar-refractivity contribution is 6.01. The monoisotopic (exact) mass is 439 g/mol. The van der Waals surface area contributed by atoms with Crippen molar-refractivity contribution >= 4 is 23.5 Å². The zero-order valence-electron chi connectivity index (χ0n) is 18.1. The van der Waals surface area contributed by atoms with Crippen LogP contribution < -0.4 is 0 Å². The van der Waals surface area contributed by atoms with Crippen LogP contribution in [0.2, 0.25) is 0 Å². The quantitative estimate of drug-likeness (QED) is 0.393. The van der Waals surface area contributed by atoms with Gasteiger partial charge in [0.15, 0.2) is 0 Å². The number of ether oxygens (including phenoxy) is 1. The van der Waals surface area contributed by atoms with Gasteiger partial charge in [0.25, 0.3) is 11.8 Å². The van der Waals surface area contributed by atoms with Crippen LogP contribution in [0.3, 0.4) is 0 Å². The van der Waals surface area contributed by atoms with Crippen LogP contribution in [0.5, 0.6) is 5.75 Å². The van der Waals surface area contributed by atoms with Crippen molar-refractivity contribution in [1.29, 1.82) is 0 Å². The first kappa shape index (κ1) is 21.0. The number of carbonyl (C=O) groups excluding carboxylic acids is 3. The molecule has 7 nitrogen and oxygen atoms in total. The van der Waals surface area contributed by atoms with E-state index in [1.54, 1.807) is 12.1 Å². The maximum atomic E-state index is 12.1. The maximum absolute atomic E-state index is 12.1. The lowest BCUT2D eigenvalue weighted by molar-refractivity contribution is -0.197. The number of benzene rings is 1. The molecule has 0 spiro atoms. The number of imide groups is 1. The Morgan fingerprint density at radius 3 is 2.28 bits per heavy atom. The summed E-state index contributed by atoms with van der Waals surface area (Å²) >= 11 is 0. The number of nitrogens with zero attached hydrogens (tertiary/aromatic N) is 1. The van der Waals surface area contributed by atoms with Crippen LogP contribution in [-0.2, 0) is 24.0 Å². The Morgan fingerprint density at radius 1 is 1.00 bits per heavy atom. The van der Waals surface area contributed by atoms with Gasteiger partial charge in [0.2, 0.25) is 0 Å². The summed E-state index contributed by atoms with van der Waals surface area (Å²) in [4.78, 5) is 40.2. The third-order valence-corrected chi connectivity index (χ3v) is 7.36.